The van der Waals surface area contributed by atoms with Crippen LogP contribution in [0.4, 0.5) is 0 Å². The van der Waals surface area contributed by atoms with Crippen LogP contribution in [0.5, 0.6) is 0 Å². The molecule has 2 aliphatic heterocycles. The van der Waals surface area contributed by atoms with Crippen LogP contribution >= 0.6 is 0 Å². The van der Waals surface area contributed by atoms with Crippen LogP contribution in [-0.2, 0) is 28.5 Å². The van der Waals surface area contributed by atoms with E-state index in [9.17, 15) is 9.59 Å². The quantitative estimate of drug-likeness (QED) is 0.345. The molecule has 1 unspecified atom stereocenters. The molecule has 2 fully saturated rings. The van der Waals surface area contributed by atoms with Crippen LogP contribution in [0, 0.1) is 5.92 Å². The summed E-state index contributed by atoms with van der Waals surface area (Å²) in [5, 5.41) is 0. The third kappa shape index (κ3) is 5.53. The fraction of sp³-hybridized carbons (Fsp3) is 0.889. The minimum absolute atomic E-state index is 0.163. The SMILES string of the molecule is COC(=O)CCCCCC[C@]1(OC2CCCCO2)OCC[C@H]1C=O. The van der Waals surface area contributed by atoms with Crippen molar-refractivity contribution in [3.05, 3.63) is 0 Å². The zero-order valence-corrected chi connectivity index (χ0v) is 14.7. The Morgan fingerprint density at radius 3 is 2.71 bits per heavy atom. The highest BCUT2D eigenvalue weighted by molar-refractivity contribution is 5.68. The third-order valence-corrected chi connectivity index (χ3v) is 4.86. The Labute approximate surface area is 144 Å². The molecule has 0 amide bonds. The molecule has 0 N–H and O–H groups in total. The highest BCUT2D eigenvalue weighted by Crippen LogP contribution is 2.39. The Morgan fingerprint density at radius 2 is 2.00 bits per heavy atom. The average molecular weight is 342 g/mol. The van der Waals surface area contributed by atoms with Crippen LogP contribution in [0.2, 0.25) is 0 Å². The zero-order chi connectivity index (χ0) is 17.3. The fourth-order valence-electron chi connectivity index (χ4n) is 3.42. The molecular formula is C18H30O6. The summed E-state index contributed by atoms with van der Waals surface area (Å²) in [5.74, 6) is -1.21. The molecule has 138 valence electrons. The maximum atomic E-state index is 11.5. The molecular weight excluding hydrogens is 312 g/mol. The Hall–Kier alpha value is -0.980. The van der Waals surface area contributed by atoms with Crippen molar-refractivity contribution in [3.63, 3.8) is 0 Å². The number of carbonyl (C=O) groups is 2. The number of esters is 1. The molecule has 0 aromatic rings. The number of unbranched alkanes of at least 4 members (excludes halogenated alkanes) is 3. The number of hydrogen-bond acceptors (Lipinski definition) is 6. The van der Waals surface area contributed by atoms with Crippen LogP contribution in [0.1, 0.15) is 64.2 Å². The highest BCUT2D eigenvalue weighted by atomic mass is 16.8. The molecule has 6 nitrogen and oxygen atoms in total. The van der Waals surface area contributed by atoms with Crippen molar-refractivity contribution in [2.45, 2.75) is 76.3 Å². The van der Waals surface area contributed by atoms with Gasteiger partial charge in [-0.05, 0) is 38.5 Å². The van der Waals surface area contributed by atoms with E-state index in [1.165, 1.54) is 7.11 Å². The van der Waals surface area contributed by atoms with Gasteiger partial charge in [-0.2, -0.15) is 0 Å². The predicted octanol–water partition coefficient (Wildman–Crippen LogP) is 2.97. The van der Waals surface area contributed by atoms with Gasteiger partial charge in [-0.15, -0.1) is 0 Å². The Kier molecular flexibility index (Phi) is 8.15. The molecule has 2 saturated heterocycles. The lowest BCUT2D eigenvalue weighted by atomic mass is 9.93. The maximum Gasteiger partial charge on any atom is 0.305 e. The molecule has 0 spiro atoms. The monoisotopic (exact) mass is 342 g/mol. The second-order valence-electron chi connectivity index (χ2n) is 6.60. The molecule has 0 bridgehead atoms. The largest absolute Gasteiger partial charge is 0.469 e. The molecule has 2 rings (SSSR count). The number of hydrogen-bond donors (Lipinski definition) is 0. The molecule has 0 aromatic carbocycles. The van der Waals surface area contributed by atoms with Gasteiger partial charge in [0.15, 0.2) is 12.1 Å². The molecule has 0 radical (unpaired) electrons. The van der Waals surface area contributed by atoms with Crippen molar-refractivity contribution in [2.75, 3.05) is 20.3 Å². The van der Waals surface area contributed by atoms with Gasteiger partial charge in [0.05, 0.1) is 19.6 Å². The number of carbonyl (C=O) groups excluding carboxylic acids is 2. The second-order valence-corrected chi connectivity index (χ2v) is 6.60. The summed E-state index contributed by atoms with van der Waals surface area (Å²) in [7, 11) is 1.41. The number of methoxy groups -OCH3 is 1. The van der Waals surface area contributed by atoms with Gasteiger partial charge in [-0.25, -0.2) is 0 Å². The number of aldehydes is 1. The van der Waals surface area contributed by atoms with Gasteiger partial charge >= 0.3 is 5.97 Å². The lowest BCUT2D eigenvalue weighted by Gasteiger charge is -2.37. The van der Waals surface area contributed by atoms with Crippen molar-refractivity contribution in [3.8, 4) is 0 Å². The van der Waals surface area contributed by atoms with E-state index in [1.807, 2.05) is 0 Å². The Balaban J connectivity index is 1.78. The fourth-order valence-corrected chi connectivity index (χ4v) is 3.42. The van der Waals surface area contributed by atoms with E-state index in [4.69, 9.17) is 14.2 Å². The Morgan fingerprint density at radius 1 is 1.17 bits per heavy atom. The first-order valence-electron chi connectivity index (χ1n) is 9.15. The van der Waals surface area contributed by atoms with Gasteiger partial charge in [0.25, 0.3) is 0 Å². The summed E-state index contributed by atoms with van der Waals surface area (Å²) < 4.78 is 22.4. The molecule has 6 heteroatoms. The van der Waals surface area contributed by atoms with Crippen LogP contribution in [0.3, 0.4) is 0 Å². The summed E-state index contributed by atoms with van der Waals surface area (Å²) in [6.45, 7) is 1.26. The van der Waals surface area contributed by atoms with Crippen molar-refractivity contribution >= 4 is 12.3 Å². The normalized spacial score (nSPS) is 30.2. The molecule has 24 heavy (non-hydrogen) atoms. The molecule has 2 aliphatic rings. The number of rotatable bonds is 10. The molecule has 0 aromatic heterocycles. The lowest BCUT2D eigenvalue weighted by molar-refractivity contribution is -0.312. The van der Waals surface area contributed by atoms with Crippen molar-refractivity contribution < 1.29 is 28.5 Å². The Bertz CT molecular complexity index is 393. The van der Waals surface area contributed by atoms with E-state index >= 15 is 0 Å². The highest BCUT2D eigenvalue weighted by Gasteiger charge is 2.47. The summed E-state index contributed by atoms with van der Waals surface area (Å²) in [4.78, 5) is 22.5. The van der Waals surface area contributed by atoms with E-state index in [2.05, 4.69) is 4.74 Å². The smallest absolute Gasteiger partial charge is 0.305 e. The molecule has 0 saturated carbocycles. The van der Waals surface area contributed by atoms with Gasteiger partial charge in [0.1, 0.15) is 6.29 Å². The molecule has 3 atom stereocenters. The standard InChI is InChI=1S/C18H30O6/c1-21-16(20)8-4-2-3-6-11-18(15(14-19)10-13-23-18)24-17-9-5-7-12-22-17/h14-15,17H,2-13H2,1H3/t15-,17?,18+/m0/s1. The first kappa shape index (κ1) is 19.3. The van der Waals surface area contributed by atoms with Gasteiger partial charge in [0, 0.05) is 19.4 Å². The van der Waals surface area contributed by atoms with Gasteiger partial charge < -0.3 is 23.7 Å². The zero-order valence-electron chi connectivity index (χ0n) is 14.7. The molecule has 2 heterocycles. The first-order valence-corrected chi connectivity index (χ1v) is 9.15. The van der Waals surface area contributed by atoms with E-state index < -0.39 is 5.79 Å². The first-order chi connectivity index (χ1) is 11.7. The average Bonchev–Trinajstić information content (AvgIpc) is 3.01. The van der Waals surface area contributed by atoms with E-state index in [-0.39, 0.29) is 18.2 Å². The molecule has 0 aliphatic carbocycles. The third-order valence-electron chi connectivity index (χ3n) is 4.86. The topological polar surface area (TPSA) is 71.1 Å². The van der Waals surface area contributed by atoms with Gasteiger partial charge in [0.2, 0.25) is 0 Å². The summed E-state index contributed by atoms with van der Waals surface area (Å²) in [5.41, 5.74) is 0. The second kappa shape index (κ2) is 10.1. The van der Waals surface area contributed by atoms with Gasteiger partial charge in [-0.1, -0.05) is 12.8 Å². The van der Waals surface area contributed by atoms with Crippen LogP contribution < -0.4 is 0 Å². The van der Waals surface area contributed by atoms with Crippen LogP contribution in [0.25, 0.3) is 0 Å². The lowest BCUT2D eigenvalue weighted by Crippen LogP contribution is -2.44. The van der Waals surface area contributed by atoms with E-state index in [0.29, 0.717) is 32.5 Å². The summed E-state index contributed by atoms with van der Waals surface area (Å²) >= 11 is 0. The maximum absolute atomic E-state index is 11.5. The van der Waals surface area contributed by atoms with Crippen LogP contribution in [0.15, 0.2) is 0 Å². The number of ether oxygens (including phenoxy) is 4. The van der Waals surface area contributed by atoms with Crippen molar-refractivity contribution in [1.82, 2.24) is 0 Å². The van der Waals surface area contributed by atoms with Crippen molar-refractivity contribution in [2.24, 2.45) is 5.92 Å². The minimum Gasteiger partial charge on any atom is -0.469 e. The van der Waals surface area contributed by atoms with Crippen LogP contribution in [-0.4, -0.2) is 44.7 Å². The minimum atomic E-state index is -0.827. The van der Waals surface area contributed by atoms with Gasteiger partial charge in [-0.3, -0.25) is 4.79 Å². The summed E-state index contributed by atoms with van der Waals surface area (Å²) in [6.07, 6.45) is 9.21. The predicted molar refractivity (Wildman–Crippen MR) is 87.2 cm³/mol. The van der Waals surface area contributed by atoms with Crippen molar-refractivity contribution in [1.29, 1.82) is 0 Å². The summed E-state index contributed by atoms with van der Waals surface area (Å²) in [6, 6.07) is 0. The van der Waals surface area contributed by atoms with E-state index in [1.54, 1.807) is 0 Å². The van der Waals surface area contributed by atoms with E-state index in [0.717, 1.165) is 51.2 Å².